The average molecular weight is 306 g/mol. The first-order valence-corrected chi connectivity index (χ1v) is 6.41. The zero-order valence-electron chi connectivity index (χ0n) is 11.7. The fraction of sp³-hybridized carbons (Fsp3) is 0.231. The van der Waals surface area contributed by atoms with Gasteiger partial charge >= 0.3 is 17.9 Å². The molecule has 0 amide bonds. The van der Waals surface area contributed by atoms with Crippen LogP contribution in [0.1, 0.15) is 6.92 Å². The van der Waals surface area contributed by atoms with Crippen molar-refractivity contribution in [2.45, 2.75) is 6.92 Å². The maximum Gasteiger partial charge on any atom is 0.516 e. The van der Waals surface area contributed by atoms with Crippen molar-refractivity contribution in [3.63, 3.8) is 0 Å². The van der Waals surface area contributed by atoms with Gasteiger partial charge in [-0.15, -0.1) is 5.10 Å². The smallest absolute Gasteiger partial charge is 0.434 e. The highest BCUT2D eigenvalue weighted by Gasteiger charge is 2.18. The molecule has 3 rings (SSSR count). The Kier molecular flexibility index (Phi) is 3.24. The van der Waals surface area contributed by atoms with E-state index in [0.29, 0.717) is 5.52 Å². The first kappa shape index (κ1) is 14.0. The SMILES string of the molecule is CCOC(=O)Oc1nc2c3c(F)cccc3n(C)c(=O)n2n1. The molecule has 114 valence electrons. The number of nitrogens with zero attached hydrogens (tertiary/aromatic N) is 4. The molecule has 0 bridgehead atoms. The maximum absolute atomic E-state index is 14.1. The summed E-state index contributed by atoms with van der Waals surface area (Å²) in [5.41, 5.74) is -0.220. The van der Waals surface area contributed by atoms with Gasteiger partial charge in [0.1, 0.15) is 5.82 Å². The summed E-state index contributed by atoms with van der Waals surface area (Å²) in [4.78, 5) is 27.4. The maximum atomic E-state index is 14.1. The molecule has 0 aliphatic heterocycles. The monoisotopic (exact) mass is 306 g/mol. The molecule has 0 N–H and O–H groups in total. The number of halogens is 1. The third-order valence-electron chi connectivity index (χ3n) is 3.07. The normalized spacial score (nSPS) is 11.0. The van der Waals surface area contributed by atoms with E-state index in [2.05, 4.69) is 14.8 Å². The molecule has 0 unspecified atom stereocenters. The second kappa shape index (κ2) is 5.10. The number of carbonyl (C=O) groups excluding carboxylic acids is 1. The molecule has 9 heteroatoms. The average Bonchev–Trinajstić information content (AvgIpc) is 2.88. The Bertz CT molecular complexity index is 946. The van der Waals surface area contributed by atoms with E-state index >= 15 is 0 Å². The molecule has 2 heterocycles. The highest BCUT2D eigenvalue weighted by Crippen LogP contribution is 2.21. The number of hydrogen-bond acceptors (Lipinski definition) is 6. The Balaban J connectivity index is 2.27. The number of carbonyl (C=O) groups is 1. The van der Waals surface area contributed by atoms with Crippen LogP contribution in [0.25, 0.3) is 16.6 Å². The lowest BCUT2D eigenvalue weighted by atomic mass is 10.2. The second-order valence-electron chi connectivity index (χ2n) is 4.39. The lowest BCUT2D eigenvalue weighted by molar-refractivity contribution is 0.101. The van der Waals surface area contributed by atoms with Crippen molar-refractivity contribution in [1.29, 1.82) is 0 Å². The molecule has 1 aromatic carbocycles. The van der Waals surface area contributed by atoms with Crippen molar-refractivity contribution in [2.75, 3.05) is 6.61 Å². The molecule has 0 aliphatic rings. The van der Waals surface area contributed by atoms with Crippen LogP contribution < -0.4 is 10.4 Å². The van der Waals surface area contributed by atoms with E-state index in [9.17, 15) is 14.0 Å². The van der Waals surface area contributed by atoms with Crippen LogP contribution in [-0.2, 0) is 11.8 Å². The fourth-order valence-corrected chi connectivity index (χ4v) is 2.11. The van der Waals surface area contributed by atoms with Crippen LogP contribution >= 0.6 is 0 Å². The Morgan fingerprint density at radius 2 is 2.18 bits per heavy atom. The van der Waals surface area contributed by atoms with Crippen molar-refractivity contribution in [2.24, 2.45) is 7.05 Å². The zero-order valence-corrected chi connectivity index (χ0v) is 11.7. The molecule has 0 saturated carbocycles. The van der Waals surface area contributed by atoms with E-state index in [1.165, 1.54) is 23.7 Å². The Labute approximate surface area is 122 Å². The number of aryl methyl sites for hydroxylation is 1. The standard InChI is InChI=1S/C13H11FN4O4/c1-3-21-13(20)22-11-15-10-9-7(14)5-4-6-8(9)17(2)12(19)18(10)16-11/h4-6H,3H2,1-2H3. The Morgan fingerprint density at radius 3 is 2.91 bits per heavy atom. The van der Waals surface area contributed by atoms with Crippen LogP contribution in [0.5, 0.6) is 6.01 Å². The molecule has 22 heavy (non-hydrogen) atoms. The van der Waals surface area contributed by atoms with E-state index < -0.39 is 17.7 Å². The summed E-state index contributed by atoms with van der Waals surface area (Å²) < 4.78 is 25.5. The number of aromatic nitrogens is 4. The quantitative estimate of drug-likeness (QED) is 0.662. The van der Waals surface area contributed by atoms with Crippen molar-refractivity contribution in [1.82, 2.24) is 19.2 Å². The summed E-state index contributed by atoms with van der Waals surface area (Å²) in [6.45, 7) is 1.72. The van der Waals surface area contributed by atoms with Gasteiger partial charge in [-0.1, -0.05) is 6.07 Å². The van der Waals surface area contributed by atoms with Crippen LogP contribution in [0, 0.1) is 5.82 Å². The first-order chi connectivity index (χ1) is 10.5. The molecular weight excluding hydrogens is 295 g/mol. The minimum atomic E-state index is -1.000. The van der Waals surface area contributed by atoms with Crippen molar-refractivity contribution in [3.05, 3.63) is 34.5 Å². The van der Waals surface area contributed by atoms with Gasteiger partial charge in [-0.25, -0.2) is 14.0 Å². The lowest BCUT2D eigenvalue weighted by Gasteiger charge is -2.05. The van der Waals surface area contributed by atoms with E-state index in [1.54, 1.807) is 13.0 Å². The Hall–Kier alpha value is -2.97. The Morgan fingerprint density at radius 1 is 1.41 bits per heavy atom. The highest BCUT2D eigenvalue weighted by molar-refractivity contribution is 5.92. The number of fused-ring (bicyclic) bond motifs is 3. The summed E-state index contributed by atoms with van der Waals surface area (Å²) in [6.07, 6.45) is -1.000. The topological polar surface area (TPSA) is 87.7 Å². The van der Waals surface area contributed by atoms with Crippen molar-refractivity contribution >= 4 is 22.7 Å². The summed E-state index contributed by atoms with van der Waals surface area (Å²) >= 11 is 0. The van der Waals surface area contributed by atoms with Gasteiger partial charge in [0.2, 0.25) is 0 Å². The van der Waals surface area contributed by atoms with Gasteiger partial charge < -0.3 is 9.47 Å². The van der Waals surface area contributed by atoms with Crippen molar-refractivity contribution < 1.29 is 18.7 Å². The first-order valence-electron chi connectivity index (χ1n) is 6.41. The predicted molar refractivity (Wildman–Crippen MR) is 73.3 cm³/mol. The summed E-state index contributed by atoms with van der Waals surface area (Å²) in [6, 6.07) is 3.93. The van der Waals surface area contributed by atoms with Crippen LogP contribution in [0.2, 0.25) is 0 Å². The second-order valence-corrected chi connectivity index (χ2v) is 4.39. The van der Waals surface area contributed by atoms with Gasteiger partial charge in [-0.05, 0) is 19.1 Å². The fourth-order valence-electron chi connectivity index (χ4n) is 2.11. The molecule has 0 saturated heterocycles. The third kappa shape index (κ3) is 2.07. The molecule has 2 aromatic heterocycles. The molecule has 0 spiro atoms. The molecule has 0 fully saturated rings. The summed E-state index contributed by atoms with van der Waals surface area (Å²) in [7, 11) is 1.48. The van der Waals surface area contributed by atoms with Gasteiger partial charge in [0.15, 0.2) is 5.65 Å². The minimum absolute atomic E-state index is 0.0319. The zero-order chi connectivity index (χ0) is 15.9. The van der Waals surface area contributed by atoms with Crippen molar-refractivity contribution in [3.8, 4) is 6.01 Å². The van der Waals surface area contributed by atoms with Gasteiger partial charge in [0.05, 0.1) is 17.5 Å². The summed E-state index contributed by atoms with van der Waals surface area (Å²) in [5.74, 6) is -0.562. The molecule has 0 atom stereocenters. The third-order valence-corrected chi connectivity index (χ3v) is 3.07. The van der Waals surface area contributed by atoms with Gasteiger partial charge in [0, 0.05) is 7.05 Å². The van der Waals surface area contributed by atoms with Crippen LogP contribution in [0.3, 0.4) is 0 Å². The van der Waals surface area contributed by atoms with Crippen LogP contribution in [0.15, 0.2) is 23.0 Å². The van der Waals surface area contributed by atoms with E-state index in [1.807, 2.05) is 0 Å². The molecule has 0 aliphatic carbocycles. The van der Waals surface area contributed by atoms with Crippen LogP contribution in [-0.4, -0.2) is 31.9 Å². The van der Waals surface area contributed by atoms with E-state index in [0.717, 1.165) is 4.52 Å². The number of benzene rings is 1. The van der Waals surface area contributed by atoms with Crippen LogP contribution in [0.4, 0.5) is 9.18 Å². The van der Waals surface area contributed by atoms with E-state index in [4.69, 9.17) is 4.74 Å². The molecular formula is C13H11FN4O4. The van der Waals surface area contributed by atoms with E-state index in [-0.39, 0.29) is 23.7 Å². The highest BCUT2D eigenvalue weighted by atomic mass is 19.1. The largest absolute Gasteiger partial charge is 0.516 e. The molecule has 0 radical (unpaired) electrons. The summed E-state index contributed by atoms with van der Waals surface area (Å²) in [5, 5.41) is 3.88. The molecule has 3 aromatic rings. The lowest BCUT2D eigenvalue weighted by Crippen LogP contribution is -2.25. The number of hydrogen-bond donors (Lipinski definition) is 0. The predicted octanol–water partition coefficient (Wildman–Crippen LogP) is 1.26. The number of ether oxygens (including phenoxy) is 2. The minimum Gasteiger partial charge on any atom is -0.434 e. The van der Waals surface area contributed by atoms with Gasteiger partial charge in [-0.2, -0.15) is 9.50 Å². The van der Waals surface area contributed by atoms with Gasteiger partial charge in [-0.3, -0.25) is 4.57 Å². The molecule has 8 nitrogen and oxygen atoms in total. The number of rotatable bonds is 2. The van der Waals surface area contributed by atoms with Gasteiger partial charge in [0.25, 0.3) is 0 Å².